The van der Waals surface area contributed by atoms with Crippen molar-refractivity contribution >= 4 is 29.9 Å². The molecule has 1 aliphatic heterocycles. The zero-order valence-corrected chi connectivity index (χ0v) is 19.4. The fourth-order valence-electron chi connectivity index (χ4n) is 3.10. The molecule has 0 radical (unpaired) electrons. The summed E-state index contributed by atoms with van der Waals surface area (Å²) in [6.07, 6.45) is 3.48. The lowest BCUT2D eigenvalue weighted by Gasteiger charge is -2.32. The molecule has 2 rings (SSSR count). The Balaban J connectivity index is 0.00000392. The molecule has 1 unspecified atom stereocenters. The third-order valence-corrected chi connectivity index (χ3v) is 4.55. The average molecular weight is 502 g/mol. The molecule has 1 atom stereocenters. The lowest BCUT2D eigenvalue weighted by molar-refractivity contribution is 0.114. The van der Waals surface area contributed by atoms with Crippen LogP contribution < -0.4 is 15.4 Å². The van der Waals surface area contributed by atoms with Crippen molar-refractivity contribution in [1.82, 2.24) is 15.5 Å². The standard InChI is InChI=1S/C21H34N4O2.HI/c1-4-11-25-12-9-18(10-13-25)24-21(22-5-2)23-15-19(26)16-27-20-8-6-7-17(3)14-20;/h4,6-8,14,18-19,26H,1,5,9-13,15-16H2,2-3H3,(H2,22,23,24);1H. The number of guanidine groups is 1. The minimum atomic E-state index is -0.643. The second-order valence-electron chi connectivity index (χ2n) is 7.01. The number of aliphatic hydroxyl groups is 1. The highest BCUT2D eigenvalue weighted by Crippen LogP contribution is 2.12. The van der Waals surface area contributed by atoms with E-state index in [-0.39, 0.29) is 30.6 Å². The van der Waals surface area contributed by atoms with Crippen LogP contribution in [0, 0.1) is 6.92 Å². The summed E-state index contributed by atoms with van der Waals surface area (Å²) in [6, 6.07) is 8.23. The number of halogens is 1. The first-order valence-electron chi connectivity index (χ1n) is 9.86. The predicted octanol–water partition coefficient (Wildman–Crippen LogP) is 2.56. The van der Waals surface area contributed by atoms with Crippen LogP contribution in [-0.4, -0.2) is 67.4 Å². The third kappa shape index (κ3) is 9.25. The van der Waals surface area contributed by atoms with E-state index in [0.29, 0.717) is 12.6 Å². The number of aliphatic hydroxyl groups excluding tert-OH is 1. The van der Waals surface area contributed by atoms with E-state index < -0.39 is 6.10 Å². The molecule has 1 aromatic rings. The molecular weight excluding hydrogens is 467 g/mol. The highest BCUT2D eigenvalue weighted by atomic mass is 127. The summed E-state index contributed by atoms with van der Waals surface area (Å²) in [7, 11) is 0. The quantitative estimate of drug-likeness (QED) is 0.210. The molecule has 0 aromatic heterocycles. The maximum atomic E-state index is 10.2. The summed E-state index contributed by atoms with van der Waals surface area (Å²) in [6.45, 7) is 12.3. The van der Waals surface area contributed by atoms with Crippen molar-refractivity contribution in [1.29, 1.82) is 0 Å². The van der Waals surface area contributed by atoms with Gasteiger partial charge in [-0.05, 0) is 44.4 Å². The van der Waals surface area contributed by atoms with Crippen LogP contribution in [-0.2, 0) is 0 Å². The van der Waals surface area contributed by atoms with E-state index in [1.165, 1.54) is 0 Å². The van der Waals surface area contributed by atoms with Gasteiger partial charge in [-0.15, -0.1) is 30.6 Å². The van der Waals surface area contributed by atoms with Crippen molar-refractivity contribution < 1.29 is 9.84 Å². The number of nitrogens with one attached hydrogen (secondary N) is 2. The first-order chi connectivity index (χ1) is 13.1. The largest absolute Gasteiger partial charge is 0.491 e. The van der Waals surface area contributed by atoms with E-state index in [1.807, 2.05) is 44.2 Å². The number of nitrogens with zero attached hydrogens (tertiary/aromatic N) is 2. The highest BCUT2D eigenvalue weighted by molar-refractivity contribution is 14.0. The smallest absolute Gasteiger partial charge is 0.191 e. The number of aliphatic imine (C=N–C) groups is 1. The topological polar surface area (TPSA) is 69.1 Å². The number of hydrogen-bond donors (Lipinski definition) is 3. The molecule has 28 heavy (non-hydrogen) atoms. The van der Waals surface area contributed by atoms with Gasteiger partial charge in [-0.2, -0.15) is 0 Å². The Morgan fingerprint density at radius 1 is 1.43 bits per heavy atom. The summed E-state index contributed by atoms with van der Waals surface area (Å²) in [5.74, 6) is 1.53. The molecule has 1 saturated heterocycles. The van der Waals surface area contributed by atoms with Gasteiger partial charge in [0.25, 0.3) is 0 Å². The third-order valence-electron chi connectivity index (χ3n) is 4.55. The molecule has 0 saturated carbocycles. The van der Waals surface area contributed by atoms with Gasteiger partial charge in [0.05, 0.1) is 6.54 Å². The van der Waals surface area contributed by atoms with Crippen molar-refractivity contribution in [3.63, 3.8) is 0 Å². The number of likely N-dealkylation sites (tertiary alicyclic amines) is 1. The monoisotopic (exact) mass is 502 g/mol. The van der Waals surface area contributed by atoms with E-state index in [1.54, 1.807) is 0 Å². The molecule has 1 heterocycles. The van der Waals surface area contributed by atoms with Gasteiger partial charge in [-0.3, -0.25) is 9.89 Å². The number of aryl methyl sites for hydroxylation is 1. The lowest BCUT2D eigenvalue weighted by atomic mass is 10.1. The van der Waals surface area contributed by atoms with Crippen LogP contribution in [0.25, 0.3) is 0 Å². The number of hydrogen-bond acceptors (Lipinski definition) is 4. The van der Waals surface area contributed by atoms with Crippen molar-refractivity contribution in [2.24, 2.45) is 4.99 Å². The summed E-state index contributed by atoms with van der Waals surface area (Å²) in [4.78, 5) is 6.93. The average Bonchev–Trinajstić information content (AvgIpc) is 2.66. The Bertz CT molecular complexity index is 604. The number of ether oxygens (including phenoxy) is 1. The first-order valence-corrected chi connectivity index (χ1v) is 9.86. The van der Waals surface area contributed by atoms with Gasteiger partial charge < -0.3 is 20.5 Å². The summed E-state index contributed by atoms with van der Waals surface area (Å²) in [5.41, 5.74) is 1.14. The van der Waals surface area contributed by atoms with Crippen molar-refractivity contribution in [3.8, 4) is 5.75 Å². The molecule has 7 heteroatoms. The molecule has 0 bridgehead atoms. The Morgan fingerprint density at radius 2 is 2.18 bits per heavy atom. The van der Waals surface area contributed by atoms with Crippen molar-refractivity contribution in [2.45, 2.75) is 38.8 Å². The van der Waals surface area contributed by atoms with Crippen LogP contribution in [0.3, 0.4) is 0 Å². The van der Waals surface area contributed by atoms with Crippen LogP contribution in [0.1, 0.15) is 25.3 Å². The summed E-state index contributed by atoms with van der Waals surface area (Å²) < 4.78 is 5.65. The second kappa shape index (κ2) is 13.8. The van der Waals surface area contributed by atoms with Crippen molar-refractivity contribution in [3.05, 3.63) is 42.5 Å². The molecule has 1 aromatic carbocycles. The minimum absolute atomic E-state index is 0. The minimum Gasteiger partial charge on any atom is -0.491 e. The molecule has 1 fully saturated rings. The van der Waals surface area contributed by atoms with Gasteiger partial charge in [-0.1, -0.05) is 18.2 Å². The SMILES string of the molecule is C=CCN1CCC(NC(=NCC(O)COc2cccc(C)c2)NCC)CC1.I. The van der Waals surface area contributed by atoms with E-state index >= 15 is 0 Å². The van der Waals surface area contributed by atoms with Gasteiger partial charge >= 0.3 is 0 Å². The molecule has 0 amide bonds. The highest BCUT2D eigenvalue weighted by Gasteiger charge is 2.19. The van der Waals surface area contributed by atoms with Gasteiger partial charge in [0, 0.05) is 32.2 Å². The van der Waals surface area contributed by atoms with E-state index in [0.717, 1.165) is 56.3 Å². The van der Waals surface area contributed by atoms with Crippen LogP contribution in [0.2, 0.25) is 0 Å². The van der Waals surface area contributed by atoms with Gasteiger partial charge in [0.15, 0.2) is 5.96 Å². The molecule has 158 valence electrons. The van der Waals surface area contributed by atoms with Crippen LogP contribution in [0.4, 0.5) is 0 Å². The predicted molar refractivity (Wildman–Crippen MR) is 127 cm³/mol. The number of piperidine rings is 1. The van der Waals surface area contributed by atoms with Crippen LogP contribution in [0.15, 0.2) is 41.9 Å². The molecule has 3 N–H and O–H groups in total. The molecule has 0 aliphatic carbocycles. The lowest BCUT2D eigenvalue weighted by Crippen LogP contribution is -2.49. The maximum Gasteiger partial charge on any atom is 0.191 e. The second-order valence-corrected chi connectivity index (χ2v) is 7.01. The zero-order chi connectivity index (χ0) is 19.5. The van der Waals surface area contributed by atoms with Crippen molar-refractivity contribution in [2.75, 3.05) is 39.3 Å². The zero-order valence-electron chi connectivity index (χ0n) is 17.1. The Labute approximate surface area is 186 Å². The number of rotatable bonds is 9. The van der Waals surface area contributed by atoms with Crippen LogP contribution >= 0.6 is 24.0 Å². The van der Waals surface area contributed by atoms with Gasteiger partial charge in [0.2, 0.25) is 0 Å². The molecule has 6 nitrogen and oxygen atoms in total. The molecule has 0 spiro atoms. The van der Waals surface area contributed by atoms with Crippen LogP contribution in [0.5, 0.6) is 5.75 Å². The Morgan fingerprint density at radius 3 is 2.82 bits per heavy atom. The fourth-order valence-corrected chi connectivity index (χ4v) is 3.10. The van der Waals surface area contributed by atoms with E-state index in [2.05, 4.69) is 27.1 Å². The fraction of sp³-hybridized carbons (Fsp3) is 0.571. The summed E-state index contributed by atoms with van der Waals surface area (Å²) >= 11 is 0. The summed E-state index contributed by atoms with van der Waals surface area (Å²) in [5, 5.41) is 16.9. The molecule has 1 aliphatic rings. The van der Waals surface area contributed by atoms with Gasteiger partial charge in [-0.25, -0.2) is 0 Å². The van der Waals surface area contributed by atoms with Gasteiger partial charge in [0.1, 0.15) is 18.5 Å². The molecular formula is C21H35IN4O2. The van der Waals surface area contributed by atoms with E-state index in [9.17, 15) is 5.11 Å². The number of benzene rings is 1. The normalized spacial score (nSPS) is 16.8. The Hall–Kier alpha value is -1.32. The maximum absolute atomic E-state index is 10.2. The van der Waals surface area contributed by atoms with E-state index in [4.69, 9.17) is 4.74 Å². The Kier molecular flexibility index (Phi) is 12.2. The first kappa shape index (κ1) is 24.7.